The molecule has 0 N–H and O–H groups in total. The van der Waals surface area contributed by atoms with Gasteiger partial charge in [0.2, 0.25) is 0 Å². The maximum atomic E-state index is 11.6. The molecule has 3 rings (SSSR count). The molecule has 1 fully saturated rings. The molecular weight excluding hydrogens is 316 g/mol. The summed E-state index contributed by atoms with van der Waals surface area (Å²) in [7, 11) is 0. The molecule has 0 aliphatic carbocycles. The van der Waals surface area contributed by atoms with Crippen molar-refractivity contribution in [1.29, 1.82) is 0 Å². The van der Waals surface area contributed by atoms with Gasteiger partial charge in [-0.25, -0.2) is 0 Å². The minimum absolute atomic E-state index is 0.0602. The fourth-order valence-electron chi connectivity index (χ4n) is 2.28. The van der Waals surface area contributed by atoms with Gasteiger partial charge in [-0.1, -0.05) is 12.1 Å². The Bertz CT molecular complexity index is 716. The van der Waals surface area contributed by atoms with Crippen molar-refractivity contribution in [3.8, 4) is 5.75 Å². The highest BCUT2D eigenvalue weighted by atomic mass is 32.2. The van der Waals surface area contributed by atoms with Crippen molar-refractivity contribution in [2.24, 2.45) is 0 Å². The Kier molecular flexibility index (Phi) is 4.56. The first-order valence-corrected chi connectivity index (χ1v) is 8.29. The molecule has 23 heavy (non-hydrogen) atoms. The Morgan fingerprint density at radius 1 is 1.35 bits per heavy atom. The number of carbonyl (C=O) groups excluding carboxylic acids is 1. The van der Waals surface area contributed by atoms with Crippen LogP contribution in [0.25, 0.3) is 0 Å². The lowest BCUT2D eigenvalue weighted by molar-refractivity contribution is -0.140. The second-order valence-corrected chi connectivity index (χ2v) is 6.76. The number of nitrogens with zero attached hydrogens (tertiary/aromatic N) is 2. The van der Waals surface area contributed by atoms with Gasteiger partial charge in [0.05, 0.1) is 0 Å². The zero-order valence-corrected chi connectivity index (χ0v) is 14.1. The van der Waals surface area contributed by atoms with E-state index in [0.717, 1.165) is 16.9 Å². The molecule has 0 bridgehead atoms. The van der Waals surface area contributed by atoms with E-state index in [2.05, 4.69) is 10.2 Å². The summed E-state index contributed by atoms with van der Waals surface area (Å²) in [5.41, 5.74) is 2.17. The summed E-state index contributed by atoms with van der Waals surface area (Å²) in [6.45, 7) is 6.06. The average molecular weight is 334 g/mol. The van der Waals surface area contributed by atoms with Crippen molar-refractivity contribution in [3.63, 3.8) is 0 Å². The lowest BCUT2D eigenvalue weighted by Crippen LogP contribution is -2.09. The summed E-state index contributed by atoms with van der Waals surface area (Å²) in [6, 6.07) is 6.01. The van der Waals surface area contributed by atoms with Crippen LogP contribution in [0.3, 0.4) is 0 Å². The minimum Gasteiger partial charge on any atom is -0.484 e. The molecule has 2 aromatic rings. The van der Waals surface area contributed by atoms with Crippen molar-refractivity contribution in [1.82, 2.24) is 10.2 Å². The van der Waals surface area contributed by atoms with Crippen molar-refractivity contribution in [2.75, 3.05) is 0 Å². The molecule has 2 heterocycles. The molecule has 1 saturated heterocycles. The number of aromatic nitrogens is 2. The normalized spacial score (nSPS) is 20.6. The van der Waals surface area contributed by atoms with E-state index >= 15 is 0 Å². The summed E-state index contributed by atoms with van der Waals surface area (Å²) < 4.78 is 16.4. The summed E-state index contributed by atoms with van der Waals surface area (Å²) in [6.07, 6.45) is 0.593. The predicted octanol–water partition coefficient (Wildman–Crippen LogP) is 3.06. The number of rotatable bonds is 5. The van der Waals surface area contributed by atoms with Crippen LogP contribution in [0.4, 0.5) is 0 Å². The maximum absolute atomic E-state index is 11.6. The van der Waals surface area contributed by atoms with Crippen molar-refractivity contribution in [3.05, 3.63) is 35.2 Å². The van der Waals surface area contributed by atoms with Crippen LogP contribution in [0.1, 0.15) is 30.4 Å². The highest BCUT2D eigenvalue weighted by Crippen LogP contribution is 2.31. The van der Waals surface area contributed by atoms with E-state index in [4.69, 9.17) is 13.9 Å². The summed E-state index contributed by atoms with van der Waals surface area (Å²) in [5, 5.41) is 7.99. The quantitative estimate of drug-likeness (QED) is 0.778. The molecule has 0 unspecified atom stereocenters. The number of aryl methyl sites for hydroxylation is 2. The van der Waals surface area contributed by atoms with Crippen molar-refractivity contribution >= 4 is 17.7 Å². The smallest absolute Gasteiger partial charge is 0.320 e. The summed E-state index contributed by atoms with van der Waals surface area (Å²) in [5.74, 6) is 0.951. The molecule has 7 heteroatoms. The van der Waals surface area contributed by atoms with Crippen LogP contribution in [0, 0.1) is 13.8 Å². The van der Waals surface area contributed by atoms with Gasteiger partial charge in [-0.3, -0.25) is 4.79 Å². The second-order valence-electron chi connectivity index (χ2n) is 5.61. The number of hydrogen-bond donors (Lipinski definition) is 0. The molecule has 122 valence electrons. The van der Waals surface area contributed by atoms with Crippen LogP contribution in [-0.2, 0) is 16.1 Å². The average Bonchev–Trinajstić information content (AvgIpc) is 3.07. The van der Waals surface area contributed by atoms with E-state index in [9.17, 15) is 4.79 Å². The fraction of sp³-hybridized carbons (Fsp3) is 0.438. The van der Waals surface area contributed by atoms with Crippen LogP contribution >= 0.6 is 11.8 Å². The third-order valence-corrected chi connectivity index (χ3v) is 4.55. The van der Waals surface area contributed by atoms with Gasteiger partial charge < -0.3 is 13.9 Å². The molecule has 6 nitrogen and oxygen atoms in total. The van der Waals surface area contributed by atoms with Crippen molar-refractivity contribution < 1.29 is 18.7 Å². The first kappa shape index (κ1) is 15.9. The van der Waals surface area contributed by atoms with E-state index in [-0.39, 0.29) is 23.9 Å². The number of ether oxygens (including phenoxy) is 2. The topological polar surface area (TPSA) is 74.5 Å². The van der Waals surface area contributed by atoms with Gasteiger partial charge in [0.25, 0.3) is 11.1 Å². The first-order chi connectivity index (χ1) is 11.0. The molecule has 2 atom stereocenters. The molecule has 1 aromatic carbocycles. The number of benzene rings is 1. The zero-order valence-electron chi connectivity index (χ0n) is 13.2. The largest absolute Gasteiger partial charge is 0.484 e. The van der Waals surface area contributed by atoms with Crippen molar-refractivity contribution in [2.45, 2.75) is 50.4 Å². The van der Waals surface area contributed by atoms with Gasteiger partial charge in [0.1, 0.15) is 17.1 Å². The highest BCUT2D eigenvalue weighted by Gasteiger charge is 2.34. The number of esters is 1. The number of thioether (sulfide) groups is 1. The third-order valence-electron chi connectivity index (χ3n) is 3.51. The first-order valence-electron chi connectivity index (χ1n) is 7.41. The van der Waals surface area contributed by atoms with Crippen LogP contribution in [0.15, 0.2) is 27.8 Å². The Hall–Kier alpha value is -2.02. The Morgan fingerprint density at radius 3 is 2.91 bits per heavy atom. The van der Waals surface area contributed by atoms with E-state index in [1.807, 2.05) is 39.0 Å². The second kappa shape index (κ2) is 6.62. The van der Waals surface area contributed by atoms with Gasteiger partial charge in [0.15, 0.2) is 6.61 Å². The fourth-order valence-corrected chi connectivity index (χ4v) is 3.28. The standard InChI is InChI=1S/C16H18N2O4S/c1-9-4-5-10(2)12(6-9)20-8-14-17-18-16(22-14)23-13-7-11(3)21-15(13)19/h4-6,11,13H,7-8H2,1-3H3/t11-,13+/m0/s1. The summed E-state index contributed by atoms with van der Waals surface area (Å²) in [4.78, 5) is 11.6. The lowest BCUT2D eigenvalue weighted by atomic mass is 10.1. The Balaban J connectivity index is 1.59. The number of cyclic esters (lactones) is 1. The molecule has 0 amide bonds. The lowest BCUT2D eigenvalue weighted by Gasteiger charge is -2.07. The molecule has 1 aliphatic rings. The van der Waals surface area contributed by atoms with Gasteiger partial charge >= 0.3 is 5.97 Å². The van der Waals surface area contributed by atoms with E-state index in [1.54, 1.807) is 0 Å². The van der Waals surface area contributed by atoms with Crippen LogP contribution in [-0.4, -0.2) is 27.5 Å². The third kappa shape index (κ3) is 3.85. The van der Waals surface area contributed by atoms with Gasteiger partial charge in [0, 0.05) is 6.42 Å². The van der Waals surface area contributed by atoms with Gasteiger partial charge in [-0.2, -0.15) is 0 Å². The molecule has 1 aromatic heterocycles. The van der Waals surface area contributed by atoms with Gasteiger partial charge in [-0.15, -0.1) is 10.2 Å². The Labute approximate surface area is 138 Å². The number of carbonyl (C=O) groups is 1. The highest BCUT2D eigenvalue weighted by molar-refractivity contribution is 8.00. The minimum atomic E-state index is -0.279. The van der Waals surface area contributed by atoms with Crippen LogP contribution in [0.5, 0.6) is 5.75 Å². The van der Waals surface area contributed by atoms with Gasteiger partial charge in [-0.05, 0) is 49.7 Å². The molecule has 0 radical (unpaired) electrons. The SMILES string of the molecule is Cc1ccc(C)c(OCc2nnc(S[C@@H]3C[C@H](C)OC3=O)o2)c1. The van der Waals surface area contributed by atoms with E-state index < -0.39 is 0 Å². The Morgan fingerprint density at radius 2 is 2.17 bits per heavy atom. The summed E-state index contributed by atoms with van der Waals surface area (Å²) >= 11 is 1.24. The van der Waals surface area contributed by atoms with Crippen LogP contribution < -0.4 is 4.74 Å². The van der Waals surface area contributed by atoms with E-state index in [0.29, 0.717) is 17.5 Å². The molecular formula is C16H18N2O4S. The predicted molar refractivity (Wildman–Crippen MR) is 84.4 cm³/mol. The number of hydrogen-bond acceptors (Lipinski definition) is 7. The molecule has 0 saturated carbocycles. The zero-order chi connectivity index (χ0) is 16.4. The molecule has 0 spiro atoms. The van der Waals surface area contributed by atoms with Crippen LogP contribution in [0.2, 0.25) is 0 Å². The monoisotopic (exact) mass is 334 g/mol. The molecule has 1 aliphatic heterocycles. The maximum Gasteiger partial charge on any atom is 0.320 e. The van der Waals surface area contributed by atoms with E-state index in [1.165, 1.54) is 11.8 Å².